The Morgan fingerprint density at radius 1 is 1.54 bits per heavy atom. The minimum atomic E-state index is -1.14. The Kier molecular flexibility index (Phi) is 2.65. The van der Waals surface area contributed by atoms with Gasteiger partial charge in [0, 0.05) is 26.4 Å². The SMILES string of the molecule is CC(=O)N1CCC(=O)C(C(=O)O)C1. The number of carbonyl (C=O) groups excluding carboxylic acids is 2. The van der Waals surface area contributed by atoms with Crippen molar-refractivity contribution in [3.05, 3.63) is 0 Å². The van der Waals surface area contributed by atoms with Crippen LogP contribution >= 0.6 is 0 Å². The molecule has 1 unspecified atom stereocenters. The van der Waals surface area contributed by atoms with Gasteiger partial charge < -0.3 is 10.0 Å². The molecule has 0 radical (unpaired) electrons. The predicted octanol–water partition coefficient (Wildman–Crippen LogP) is -0.491. The molecule has 0 aliphatic carbocycles. The van der Waals surface area contributed by atoms with E-state index in [1.54, 1.807) is 0 Å². The molecule has 1 aliphatic heterocycles. The van der Waals surface area contributed by atoms with Crippen molar-refractivity contribution in [2.24, 2.45) is 5.92 Å². The molecular weight excluding hydrogens is 174 g/mol. The molecule has 1 atom stereocenters. The van der Waals surface area contributed by atoms with Gasteiger partial charge in [-0.15, -0.1) is 0 Å². The monoisotopic (exact) mass is 185 g/mol. The summed E-state index contributed by atoms with van der Waals surface area (Å²) in [4.78, 5) is 33.9. The first-order chi connectivity index (χ1) is 6.02. The first-order valence-electron chi connectivity index (χ1n) is 4.03. The second kappa shape index (κ2) is 3.55. The molecular formula is C8H11NO4. The minimum absolute atomic E-state index is 0.0174. The molecule has 0 aromatic rings. The van der Waals surface area contributed by atoms with Crippen LogP contribution < -0.4 is 0 Å². The van der Waals surface area contributed by atoms with Crippen molar-refractivity contribution in [2.75, 3.05) is 13.1 Å². The Morgan fingerprint density at radius 3 is 2.62 bits per heavy atom. The first-order valence-corrected chi connectivity index (χ1v) is 4.03. The summed E-state index contributed by atoms with van der Waals surface area (Å²) in [5.74, 6) is -2.64. The molecule has 0 spiro atoms. The van der Waals surface area contributed by atoms with E-state index >= 15 is 0 Å². The van der Waals surface area contributed by atoms with Gasteiger partial charge in [-0.3, -0.25) is 14.4 Å². The molecule has 13 heavy (non-hydrogen) atoms. The van der Waals surface area contributed by atoms with Crippen molar-refractivity contribution in [1.82, 2.24) is 4.90 Å². The van der Waals surface area contributed by atoms with Gasteiger partial charge in [-0.2, -0.15) is 0 Å². The fourth-order valence-corrected chi connectivity index (χ4v) is 1.33. The Labute approximate surface area is 75.3 Å². The molecule has 72 valence electrons. The number of likely N-dealkylation sites (tertiary alicyclic amines) is 1. The Bertz CT molecular complexity index is 261. The van der Waals surface area contributed by atoms with Crippen molar-refractivity contribution < 1.29 is 19.5 Å². The number of amides is 1. The highest BCUT2D eigenvalue weighted by Crippen LogP contribution is 2.13. The molecule has 1 fully saturated rings. The minimum Gasteiger partial charge on any atom is -0.481 e. The average molecular weight is 185 g/mol. The normalized spacial score (nSPS) is 23.0. The topological polar surface area (TPSA) is 74.7 Å². The van der Waals surface area contributed by atoms with Gasteiger partial charge in [-0.05, 0) is 0 Å². The van der Waals surface area contributed by atoms with Crippen LogP contribution in [0.2, 0.25) is 0 Å². The van der Waals surface area contributed by atoms with E-state index in [1.807, 2.05) is 0 Å². The van der Waals surface area contributed by atoms with Gasteiger partial charge in [0.1, 0.15) is 5.92 Å². The van der Waals surface area contributed by atoms with E-state index in [9.17, 15) is 14.4 Å². The smallest absolute Gasteiger partial charge is 0.315 e. The number of carboxylic acids is 1. The summed E-state index contributed by atoms with van der Waals surface area (Å²) in [6, 6.07) is 0. The fourth-order valence-electron chi connectivity index (χ4n) is 1.33. The van der Waals surface area contributed by atoms with E-state index in [-0.39, 0.29) is 24.7 Å². The van der Waals surface area contributed by atoms with Crippen molar-refractivity contribution in [3.63, 3.8) is 0 Å². The molecule has 1 heterocycles. The molecule has 0 bridgehead atoms. The van der Waals surface area contributed by atoms with Crippen LogP contribution in [0.5, 0.6) is 0 Å². The highest BCUT2D eigenvalue weighted by molar-refractivity contribution is 5.99. The number of carbonyl (C=O) groups is 3. The molecule has 1 rings (SSSR count). The van der Waals surface area contributed by atoms with Gasteiger partial charge in [-0.25, -0.2) is 0 Å². The zero-order chi connectivity index (χ0) is 10.0. The van der Waals surface area contributed by atoms with E-state index in [0.29, 0.717) is 6.54 Å². The molecule has 5 nitrogen and oxygen atoms in total. The fraction of sp³-hybridized carbons (Fsp3) is 0.625. The number of rotatable bonds is 1. The maximum absolute atomic E-state index is 11.1. The molecule has 0 aromatic carbocycles. The third kappa shape index (κ3) is 2.05. The van der Waals surface area contributed by atoms with E-state index in [0.717, 1.165) is 0 Å². The lowest BCUT2D eigenvalue weighted by molar-refractivity contribution is -0.150. The number of nitrogens with zero attached hydrogens (tertiary/aromatic N) is 1. The Balaban J connectivity index is 2.68. The van der Waals surface area contributed by atoms with Gasteiger partial charge >= 0.3 is 5.97 Å². The molecule has 1 amide bonds. The van der Waals surface area contributed by atoms with Crippen LogP contribution in [0.1, 0.15) is 13.3 Å². The van der Waals surface area contributed by atoms with Gasteiger partial charge in [0.05, 0.1) is 0 Å². The third-order valence-electron chi connectivity index (χ3n) is 2.16. The summed E-state index contributed by atoms with van der Waals surface area (Å²) >= 11 is 0. The maximum atomic E-state index is 11.1. The van der Waals surface area contributed by atoms with Crippen LogP contribution in [0.3, 0.4) is 0 Å². The molecule has 1 saturated heterocycles. The largest absolute Gasteiger partial charge is 0.481 e. The average Bonchev–Trinajstić information content (AvgIpc) is 2.04. The lowest BCUT2D eigenvalue weighted by Crippen LogP contribution is -2.46. The summed E-state index contributed by atoms with van der Waals surface area (Å²) in [6.45, 7) is 1.73. The van der Waals surface area contributed by atoms with Crippen molar-refractivity contribution in [2.45, 2.75) is 13.3 Å². The molecule has 1 N–H and O–H groups in total. The lowest BCUT2D eigenvalue weighted by Gasteiger charge is -2.28. The van der Waals surface area contributed by atoms with Crippen molar-refractivity contribution in [3.8, 4) is 0 Å². The zero-order valence-corrected chi connectivity index (χ0v) is 7.32. The summed E-state index contributed by atoms with van der Waals surface area (Å²) in [7, 11) is 0. The maximum Gasteiger partial charge on any atom is 0.315 e. The summed E-state index contributed by atoms with van der Waals surface area (Å²) in [6.07, 6.45) is 0.149. The van der Waals surface area contributed by atoms with E-state index in [2.05, 4.69) is 0 Å². The Hall–Kier alpha value is -1.39. The standard InChI is InChI=1S/C8H11NO4/c1-5(10)9-3-2-7(11)6(4-9)8(12)13/h6H,2-4H2,1H3,(H,12,13). The van der Waals surface area contributed by atoms with Crippen LogP contribution in [0.4, 0.5) is 0 Å². The number of Topliss-reactive ketones (excluding diaryl/α,β-unsaturated/α-hetero) is 1. The number of aliphatic carboxylic acids is 1. The number of carboxylic acid groups (broad SMARTS) is 1. The van der Waals surface area contributed by atoms with E-state index in [1.165, 1.54) is 11.8 Å². The van der Waals surface area contributed by atoms with Gasteiger partial charge in [0.15, 0.2) is 5.78 Å². The predicted molar refractivity (Wildman–Crippen MR) is 43.0 cm³/mol. The number of hydrogen-bond donors (Lipinski definition) is 1. The molecule has 0 aromatic heterocycles. The first kappa shape index (κ1) is 9.70. The third-order valence-corrected chi connectivity index (χ3v) is 2.16. The summed E-state index contributed by atoms with van der Waals surface area (Å²) < 4.78 is 0. The highest BCUT2D eigenvalue weighted by Gasteiger charge is 2.33. The number of hydrogen-bond acceptors (Lipinski definition) is 3. The second-order valence-electron chi connectivity index (χ2n) is 3.07. The van der Waals surface area contributed by atoms with Crippen LogP contribution in [0, 0.1) is 5.92 Å². The van der Waals surface area contributed by atoms with Crippen LogP contribution in [-0.4, -0.2) is 40.8 Å². The van der Waals surface area contributed by atoms with Crippen molar-refractivity contribution in [1.29, 1.82) is 0 Å². The highest BCUT2D eigenvalue weighted by atomic mass is 16.4. The Morgan fingerprint density at radius 2 is 2.15 bits per heavy atom. The molecule has 5 heteroatoms. The zero-order valence-electron chi connectivity index (χ0n) is 7.32. The van der Waals surface area contributed by atoms with Crippen molar-refractivity contribution >= 4 is 17.7 Å². The van der Waals surface area contributed by atoms with Gasteiger partial charge in [0.2, 0.25) is 5.91 Å². The van der Waals surface area contributed by atoms with Gasteiger partial charge in [0.25, 0.3) is 0 Å². The quantitative estimate of drug-likeness (QED) is 0.559. The van der Waals surface area contributed by atoms with Crippen LogP contribution in [0.25, 0.3) is 0 Å². The number of ketones is 1. The summed E-state index contributed by atoms with van der Waals surface area (Å²) in [5, 5.41) is 8.65. The van der Waals surface area contributed by atoms with E-state index < -0.39 is 11.9 Å². The van der Waals surface area contributed by atoms with Gasteiger partial charge in [-0.1, -0.05) is 0 Å². The van der Waals surface area contributed by atoms with E-state index in [4.69, 9.17) is 5.11 Å². The number of piperidine rings is 1. The second-order valence-corrected chi connectivity index (χ2v) is 3.07. The van der Waals surface area contributed by atoms with Crippen LogP contribution in [0.15, 0.2) is 0 Å². The van der Waals surface area contributed by atoms with Crippen LogP contribution in [-0.2, 0) is 14.4 Å². The lowest BCUT2D eigenvalue weighted by atomic mass is 9.97. The molecule has 0 saturated carbocycles. The molecule has 1 aliphatic rings. The summed E-state index contributed by atoms with van der Waals surface area (Å²) in [5.41, 5.74) is 0.